The summed E-state index contributed by atoms with van der Waals surface area (Å²) in [6.45, 7) is 0. The molecule has 0 aliphatic rings. The van der Waals surface area contributed by atoms with Crippen molar-refractivity contribution in [3.8, 4) is 0 Å². The molecule has 0 N–H and O–H groups in total. The molecule has 0 nitrogen and oxygen atoms in total. The van der Waals surface area contributed by atoms with Crippen molar-refractivity contribution < 1.29 is 0 Å². The second-order valence-corrected chi connectivity index (χ2v) is 22.7. The topological polar surface area (TPSA) is 0 Å². The molecule has 0 saturated heterocycles. The summed E-state index contributed by atoms with van der Waals surface area (Å²) in [6, 6.07) is 0. The molecule has 0 bridgehead atoms. The average Bonchev–Trinajstić information content (AvgIpc) is 2.14. The molecule has 92 valence electrons. The van der Waals surface area contributed by atoms with Crippen LogP contribution in [-0.2, 0) is 0 Å². The minimum absolute atomic E-state index is 1.19. The van der Waals surface area contributed by atoms with Gasteiger partial charge in [-0.1, -0.05) is 0 Å². The van der Waals surface area contributed by atoms with Gasteiger partial charge in [0.15, 0.2) is 0 Å². The SMILES string of the molecule is [CH3][Sn]([CH3])([CH3])[CH2]CCCCCCCCCBr. The molecule has 15 heavy (non-hydrogen) atoms. The zero-order valence-electron chi connectivity index (χ0n) is 10.9. The van der Waals surface area contributed by atoms with Gasteiger partial charge in [0.05, 0.1) is 0 Å². The summed E-state index contributed by atoms with van der Waals surface area (Å²) in [5.74, 6) is 0. The van der Waals surface area contributed by atoms with Gasteiger partial charge in [0.25, 0.3) is 0 Å². The van der Waals surface area contributed by atoms with E-state index in [0.717, 1.165) is 0 Å². The van der Waals surface area contributed by atoms with Gasteiger partial charge in [0, 0.05) is 0 Å². The summed E-state index contributed by atoms with van der Waals surface area (Å²) >= 11 is 2.07. The third kappa shape index (κ3) is 15.3. The van der Waals surface area contributed by atoms with Gasteiger partial charge in [-0.05, 0) is 0 Å². The fourth-order valence-electron chi connectivity index (χ4n) is 1.81. The van der Waals surface area contributed by atoms with E-state index in [0.29, 0.717) is 0 Å². The van der Waals surface area contributed by atoms with Gasteiger partial charge in [0.1, 0.15) is 0 Å². The Bertz CT molecular complexity index is 129. The van der Waals surface area contributed by atoms with Crippen LogP contribution in [0.4, 0.5) is 0 Å². The van der Waals surface area contributed by atoms with Crippen LogP contribution < -0.4 is 0 Å². The van der Waals surface area contributed by atoms with E-state index in [1.807, 2.05) is 0 Å². The van der Waals surface area contributed by atoms with Crippen LogP contribution in [0.3, 0.4) is 0 Å². The van der Waals surface area contributed by atoms with Crippen molar-refractivity contribution >= 4 is 34.3 Å². The molecule has 0 saturated carbocycles. The fraction of sp³-hybridized carbons (Fsp3) is 1.00. The van der Waals surface area contributed by atoms with Gasteiger partial charge in [-0.25, -0.2) is 0 Å². The van der Waals surface area contributed by atoms with Crippen molar-refractivity contribution in [2.45, 2.75) is 70.6 Å². The number of alkyl halides is 1. The van der Waals surface area contributed by atoms with Crippen molar-refractivity contribution in [1.29, 1.82) is 0 Å². The van der Waals surface area contributed by atoms with E-state index in [-0.39, 0.29) is 0 Å². The zero-order valence-corrected chi connectivity index (χ0v) is 15.4. The molecule has 0 aromatic rings. The molecule has 0 amide bonds. The Kier molecular flexibility index (Phi) is 11.3. The maximum absolute atomic E-state index is 3.48. The number of rotatable bonds is 10. The molecule has 2 heteroatoms. The van der Waals surface area contributed by atoms with Crippen molar-refractivity contribution in [2.24, 2.45) is 0 Å². The Morgan fingerprint density at radius 1 is 0.667 bits per heavy atom. The first kappa shape index (κ1) is 16.3. The predicted molar refractivity (Wildman–Crippen MR) is 78.9 cm³/mol. The summed E-state index contributed by atoms with van der Waals surface area (Å²) in [5, 5.41) is 1.19. The molecule has 0 aliphatic heterocycles. The first-order chi connectivity index (χ1) is 7.06. The van der Waals surface area contributed by atoms with Crippen molar-refractivity contribution in [3.05, 3.63) is 0 Å². The van der Waals surface area contributed by atoms with Crippen molar-refractivity contribution in [2.75, 3.05) is 5.33 Å². The number of hydrogen-bond acceptors (Lipinski definition) is 0. The van der Waals surface area contributed by atoms with Crippen LogP contribution >= 0.6 is 15.9 Å². The van der Waals surface area contributed by atoms with Crippen LogP contribution in [0.25, 0.3) is 0 Å². The van der Waals surface area contributed by atoms with Crippen LogP contribution in [0.2, 0.25) is 19.3 Å². The standard InChI is InChI=1S/C10H20Br.3CH3.Sn/c1-2-3-4-5-6-7-8-9-10-11;;;;/h1-10H2;3*1H3;. The Morgan fingerprint density at radius 2 is 1.07 bits per heavy atom. The Morgan fingerprint density at radius 3 is 1.47 bits per heavy atom. The Labute approximate surface area is 110 Å². The molecule has 0 aromatic carbocycles. The van der Waals surface area contributed by atoms with E-state index in [1.54, 1.807) is 4.44 Å². The van der Waals surface area contributed by atoms with Crippen LogP contribution in [0.1, 0.15) is 51.4 Å². The zero-order chi connectivity index (χ0) is 11.6. The normalized spacial score (nSPS) is 12.0. The molecule has 0 rings (SSSR count). The van der Waals surface area contributed by atoms with E-state index in [2.05, 4.69) is 30.7 Å². The van der Waals surface area contributed by atoms with Crippen molar-refractivity contribution in [3.63, 3.8) is 0 Å². The summed E-state index contributed by atoms with van der Waals surface area (Å²) < 4.78 is 1.60. The summed E-state index contributed by atoms with van der Waals surface area (Å²) in [7, 11) is 0. The van der Waals surface area contributed by atoms with Crippen LogP contribution in [0.5, 0.6) is 0 Å². The molecule has 0 fully saturated rings. The summed E-state index contributed by atoms with van der Waals surface area (Å²) in [6.07, 6.45) is 11.7. The molecule has 0 heterocycles. The third-order valence-electron chi connectivity index (χ3n) is 2.81. The van der Waals surface area contributed by atoms with E-state index >= 15 is 0 Å². The maximum atomic E-state index is 3.48. The van der Waals surface area contributed by atoms with E-state index in [1.165, 1.54) is 56.7 Å². The molecule has 0 radical (unpaired) electrons. The second kappa shape index (κ2) is 10.4. The van der Waals surface area contributed by atoms with Gasteiger partial charge in [-0.3, -0.25) is 0 Å². The minimum atomic E-state index is -1.41. The number of halogens is 1. The molecule has 0 atom stereocenters. The molecule has 0 aromatic heterocycles. The summed E-state index contributed by atoms with van der Waals surface area (Å²) in [5.41, 5.74) is 0. The monoisotopic (exact) mass is 384 g/mol. The molecule has 0 spiro atoms. The second-order valence-electron chi connectivity index (χ2n) is 5.83. The average molecular weight is 384 g/mol. The molecular formula is C13H29BrSn. The van der Waals surface area contributed by atoms with Gasteiger partial charge >= 0.3 is 110 Å². The van der Waals surface area contributed by atoms with Gasteiger partial charge in [-0.2, -0.15) is 0 Å². The summed E-state index contributed by atoms with van der Waals surface area (Å²) in [4.78, 5) is 7.65. The number of unbranched alkanes of at least 4 members (excludes halogenated alkanes) is 7. The Balaban J connectivity index is 2.99. The van der Waals surface area contributed by atoms with Crippen molar-refractivity contribution in [1.82, 2.24) is 0 Å². The van der Waals surface area contributed by atoms with Gasteiger partial charge in [-0.15, -0.1) is 0 Å². The van der Waals surface area contributed by atoms with E-state index < -0.39 is 18.4 Å². The van der Waals surface area contributed by atoms with E-state index in [9.17, 15) is 0 Å². The predicted octanol–water partition coefficient (Wildman–Crippen LogP) is 5.84. The van der Waals surface area contributed by atoms with Crippen LogP contribution in [0, 0.1) is 0 Å². The number of hydrogen-bond donors (Lipinski definition) is 0. The third-order valence-corrected chi connectivity index (χ3v) is 8.66. The quantitative estimate of drug-likeness (QED) is 0.252. The molecular weight excluding hydrogens is 355 g/mol. The van der Waals surface area contributed by atoms with E-state index in [4.69, 9.17) is 0 Å². The fourth-order valence-corrected chi connectivity index (χ4v) is 5.95. The first-order valence-corrected chi connectivity index (χ1v) is 18.3. The van der Waals surface area contributed by atoms with Gasteiger partial charge in [0.2, 0.25) is 0 Å². The first-order valence-electron chi connectivity index (χ1n) is 6.62. The molecule has 0 unspecified atom stereocenters. The van der Waals surface area contributed by atoms with Crippen LogP contribution in [-0.4, -0.2) is 23.7 Å². The Hall–Kier alpha value is 1.28. The van der Waals surface area contributed by atoms with Crippen LogP contribution in [0.15, 0.2) is 0 Å². The molecule has 0 aliphatic carbocycles. The van der Waals surface area contributed by atoms with Gasteiger partial charge < -0.3 is 0 Å².